The van der Waals surface area contributed by atoms with Gasteiger partial charge in [0.25, 0.3) is 0 Å². The predicted octanol–water partition coefficient (Wildman–Crippen LogP) is 11.8. The van der Waals surface area contributed by atoms with E-state index in [2.05, 4.69) is 127 Å². The number of aromatic nitrogens is 4. The van der Waals surface area contributed by atoms with Gasteiger partial charge in [-0.1, -0.05) is 121 Å². The van der Waals surface area contributed by atoms with Gasteiger partial charge >= 0.3 is 0 Å². The van der Waals surface area contributed by atoms with Crippen molar-refractivity contribution in [1.29, 1.82) is 0 Å². The van der Waals surface area contributed by atoms with Crippen LogP contribution in [0.2, 0.25) is 0 Å². The maximum Gasteiger partial charge on any atom is 0.165 e. The fourth-order valence-corrected chi connectivity index (χ4v) is 9.07. The van der Waals surface area contributed by atoms with Gasteiger partial charge in [-0.2, -0.15) is 0 Å². The number of benzene rings is 6. The van der Waals surface area contributed by atoms with Crippen LogP contribution in [0.5, 0.6) is 0 Å². The lowest BCUT2D eigenvalue weighted by Crippen LogP contribution is -2.00. The molecule has 4 aromatic heterocycles. The van der Waals surface area contributed by atoms with Gasteiger partial charge in [-0.05, 0) is 24.3 Å². The minimum Gasteiger partial charge on any atom is -0.246 e. The molecule has 0 atom stereocenters. The van der Waals surface area contributed by atoms with E-state index in [1.807, 2.05) is 29.5 Å². The Morgan fingerprint density at radius 2 is 0.896 bits per heavy atom. The average molecular weight is 649 g/mol. The van der Waals surface area contributed by atoms with Crippen molar-refractivity contribution in [3.8, 4) is 45.4 Å². The zero-order valence-electron chi connectivity index (χ0n) is 25.5. The summed E-state index contributed by atoms with van der Waals surface area (Å²) in [7, 11) is 0. The summed E-state index contributed by atoms with van der Waals surface area (Å²) in [5, 5.41) is 6.00. The minimum atomic E-state index is 0.630. The van der Waals surface area contributed by atoms with Crippen LogP contribution in [0.3, 0.4) is 0 Å². The fourth-order valence-electron chi connectivity index (χ4n) is 6.68. The summed E-state index contributed by atoms with van der Waals surface area (Å²) < 4.78 is 4.89. The molecule has 6 heteroatoms. The first kappa shape index (κ1) is 27.3. The number of thiophene rings is 2. The topological polar surface area (TPSA) is 51.6 Å². The first-order chi connectivity index (χ1) is 23.8. The van der Waals surface area contributed by atoms with Gasteiger partial charge < -0.3 is 0 Å². The highest BCUT2D eigenvalue weighted by Gasteiger charge is 2.18. The van der Waals surface area contributed by atoms with E-state index in [1.165, 1.54) is 40.3 Å². The monoisotopic (exact) mass is 648 g/mol. The third-order valence-electron chi connectivity index (χ3n) is 8.93. The molecule has 4 nitrogen and oxygen atoms in total. The van der Waals surface area contributed by atoms with E-state index in [1.54, 1.807) is 11.3 Å². The maximum absolute atomic E-state index is 5.34. The van der Waals surface area contributed by atoms with Crippen molar-refractivity contribution in [2.24, 2.45) is 0 Å². The molecular weight excluding hydrogens is 625 g/mol. The maximum atomic E-state index is 5.34. The van der Waals surface area contributed by atoms with Gasteiger partial charge in [-0.25, -0.2) is 19.9 Å². The Bertz CT molecular complexity index is 2850. The molecule has 10 aromatic rings. The molecule has 48 heavy (non-hydrogen) atoms. The second kappa shape index (κ2) is 10.9. The van der Waals surface area contributed by atoms with Crippen LogP contribution in [-0.2, 0) is 0 Å². The minimum absolute atomic E-state index is 0.630. The number of hydrogen-bond acceptors (Lipinski definition) is 6. The van der Waals surface area contributed by atoms with Crippen molar-refractivity contribution >= 4 is 73.9 Å². The van der Waals surface area contributed by atoms with Crippen LogP contribution in [0, 0.1) is 0 Å². The predicted molar refractivity (Wildman–Crippen MR) is 203 cm³/mol. The van der Waals surface area contributed by atoms with Crippen LogP contribution >= 0.6 is 22.7 Å². The molecule has 0 saturated heterocycles. The number of rotatable bonds is 4. The largest absolute Gasteiger partial charge is 0.246 e. The molecule has 0 radical (unpaired) electrons. The molecule has 10 rings (SSSR count). The Labute approximate surface area is 283 Å². The standard InChI is InChI=1S/C42H24N4S2/c1-2-12-25(13-3-1)40-44-41(46-42(45-40)33-21-11-20-30-28-16-6-8-22-34(28)47-38(30)33)27-15-10-14-26(24-27)36-29-17-4-5-18-31(29)39-37(43-36)32-19-7-9-23-35(32)48-39/h1-24H. The van der Waals surface area contributed by atoms with Crippen LogP contribution in [0.25, 0.3) is 96.7 Å². The molecule has 0 saturated carbocycles. The summed E-state index contributed by atoms with van der Waals surface area (Å²) in [6, 6.07) is 50.7. The number of pyridine rings is 1. The van der Waals surface area contributed by atoms with Crippen molar-refractivity contribution < 1.29 is 0 Å². The quantitative estimate of drug-likeness (QED) is 0.191. The molecule has 0 aliphatic heterocycles. The molecule has 224 valence electrons. The summed E-state index contributed by atoms with van der Waals surface area (Å²) in [5.41, 5.74) is 5.89. The molecular formula is C42H24N4S2. The van der Waals surface area contributed by atoms with Crippen molar-refractivity contribution in [2.45, 2.75) is 0 Å². The van der Waals surface area contributed by atoms with E-state index in [0.717, 1.165) is 38.9 Å². The van der Waals surface area contributed by atoms with Crippen LogP contribution in [-0.4, -0.2) is 19.9 Å². The van der Waals surface area contributed by atoms with Crippen LogP contribution in [0.4, 0.5) is 0 Å². The Morgan fingerprint density at radius 3 is 1.73 bits per heavy atom. The second-order valence-electron chi connectivity index (χ2n) is 11.8. The summed E-state index contributed by atoms with van der Waals surface area (Å²) in [6.07, 6.45) is 0. The molecule has 0 fully saturated rings. The number of fused-ring (bicyclic) bond motifs is 8. The van der Waals surface area contributed by atoms with Gasteiger partial charge in [0.05, 0.1) is 15.9 Å². The third kappa shape index (κ3) is 4.34. The molecule has 0 aliphatic carbocycles. The Hall–Kier alpha value is -5.82. The Morgan fingerprint density at radius 1 is 0.354 bits per heavy atom. The number of nitrogens with zero attached hydrogens (tertiary/aromatic N) is 4. The second-order valence-corrected chi connectivity index (χ2v) is 13.9. The summed E-state index contributed by atoms with van der Waals surface area (Å²) in [4.78, 5) is 20.6. The first-order valence-corrected chi connectivity index (χ1v) is 17.4. The lowest BCUT2D eigenvalue weighted by Gasteiger charge is -2.11. The molecule has 6 aromatic carbocycles. The highest BCUT2D eigenvalue weighted by Crippen LogP contribution is 2.42. The summed E-state index contributed by atoms with van der Waals surface area (Å²) in [6.45, 7) is 0. The van der Waals surface area contributed by atoms with Crippen molar-refractivity contribution in [3.05, 3.63) is 146 Å². The Kier molecular flexibility index (Phi) is 6.19. The van der Waals surface area contributed by atoms with Crippen molar-refractivity contribution in [2.75, 3.05) is 0 Å². The van der Waals surface area contributed by atoms with Gasteiger partial charge in [0, 0.05) is 63.3 Å². The van der Waals surface area contributed by atoms with E-state index in [0.29, 0.717) is 17.5 Å². The zero-order valence-corrected chi connectivity index (χ0v) is 27.1. The molecule has 0 aliphatic rings. The zero-order chi connectivity index (χ0) is 31.6. The molecule has 4 heterocycles. The molecule has 0 bridgehead atoms. The summed E-state index contributed by atoms with van der Waals surface area (Å²) in [5.74, 6) is 1.94. The van der Waals surface area contributed by atoms with Gasteiger partial charge in [-0.3, -0.25) is 0 Å². The normalized spacial score (nSPS) is 11.8. The summed E-state index contributed by atoms with van der Waals surface area (Å²) >= 11 is 3.59. The third-order valence-corrected chi connectivity index (χ3v) is 11.3. The van der Waals surface area contributed by atoms with E-state index in [9.17, 15) is 0 Å². The SMILES string of the molecule is c1ccc(-c2nc(-c3cccc(-c4nc5c6ccccc6sc5c5ccccc45)c3)nc(-c3cccc4c3sc3ccccc34)n2)cc1. The van der Waals surface area contributed by atoms with E-state index >= 15 is 0 Å². The first-order valence-electron chi connectivity index (χ1n) is 15.8. The molecule has 0 spiro atoms. The highest BCUT2D eigenvalue weighted by molar-refractivity contribution is 7.27. The number of hydrogen-bond donors (Lipinski definition) is 0. The van der Waals surface area contributed by atoms with E-state index in [4.69, 9.17) is 19.9 Å². The fraction of sp³-hybridized carbons (Fsp3) is 0. The van der Waals surface area contributed by atoms with Crippen LogP contribution < -0.4 is 0 Å². The lowest BCUT2D eigenvalue weighted by atomic mass is 10.0. The van der Waals surface area contributed by atoms with Crippen molar-refractivity contribution in [1.82, 2.24) is 19.9 Å². The molecule has 0 N–H and O–H groups in total. The van der Waals surface area contributed by atoms with Crippen LogP contribution in [0.1, 0.15) is 0 Å². The van der Waals surface area contributed by atoms with Gasteiger partial charge in [0.15, 0.2) is 17.5 Å². The molecule has 0 amide bonds. The van der Waals surface area contributed by atoms with E-state index in [-0.39, 0.29) is 0 Å². The van der Waals surface area contributed by atoms with Gasteiger partial charge in [0.2, 0.25) is 0 Å². The van der Waals surface area contributed by atoms with E-state index < -0.39 is 0 Å². The van der Waals surface area contributed by atoms with Gasteiger partial charge in [0.1, 0.15) is 0 Å². The van der Waals surface area contributed by atoms with Gasteiger partial charge in [-0.15, -0.1) is 22.7 Å². The Balaban J connectivity index is 1.19. The van der Waals surface area contributed by atoms with Crippen LogP contribution in [0.15, 0.2) is 146 Å². The smallest absolute Gasteiger partial charge is 0.165 e. The average Bonchev–Trinajstić information content (AvgIpc) is 3.73. The molecule has 0 unspecified atom stereocenters. The lowest BCUT2D eigenvalue weighted by molar-refractivity contribution is 1.08. The highest BCUT2D eigenvalue weighted by atomic mass is 32.1. The van der Waals surface area contributed by atoms with Crippen molar-refractivity contribution in [3.63, 3.8) is 0 Å².